The number of aromatic nitrogens is 1. The first-order valence-corrected chi connectivity index (χ1v) is 10.8. The summed E-state index contributed by atoms with van der Waals surface area (Å²) in [5, 5.41) is 9.96. The van der Waals surface area contributed by atoms with Crippen molar-refractivity contribution < 1.29 is 41.0 Å². The van der Waals surface area contributed by atoms with E-state index in [2.05, 4.69) is 10.3 Å². The van der Waals surface area contributed by atoms with Gasteiger partial charge < -0.3 is 15.2 Å². The van der Waals surface area contributed by atoms with Crippen LogP contribution in [0.4, 0.5) is 13.2 Å². The van der Waals surface area contributed by atoms with E-state index in [1.54, 1.807) is 6.20 Å². The Morgan fingerprint density at radius 1 is 1.37 bits per heavy atom. The number of amides is 1. The van der Waals surface area contributed by atoms with E-state index < -0.39 is 28.3 Å². The minimum atomic E-state index is -5.08. The number of hydrogen-bond donors (Lipinski definition) is 2. The fraction of sp³-hybridized carbons (Fsp3) is 0.588. The van der Waals surface area contributed by atoms with Crippen molar-refractivity contribution in [3.63, 3.8) is 0 Å². The number of ether oxygens (including phenoxy) is 1. The summed E-state index contributed by atoms with van der Waals surface area (Å²) in [6.07, 6.45) is -1.50. The molecule has 1 amide bonds. The third-order valence-corrected chi connectivity index (χ3v) is 5.96. The van der Waals surface area contributed by atoms with Crippen LogP contribution in [0.2, 0.25) is 0 Å². The fourth-order valence-corrected chi connectivity index (χ4v) is 4.02. The third kappa shape index (κ3) is 6.92. The lowest BCUT2D eigenvalue weighted by Crippen LogP contribution is -2.45. The van der Waals surface area contributed by atoms with Crippen molar-refractivity contribution in [2.24, 2.45) is 5.92 Å². The monoisotopic (exact) mass is 453 g/mol. The molecule has 2 saturated heterocycles. The van der Waals surface area contributed by atoms with E-state index in [0.717, 1.165) is 12.1 Å². The number of piperidine rings is 1. The maximum Gasteiger partial charge on any atom is 0.490 e. The van der Waals surface area contributed by atoms with Crippen LogP contribution in [0, 0.1) is 5.92 Å². The summed E-state index contributed by atoms with van der Waals surface area (Å²) >= 11 is 0. The predicted octanol–water partition coefficient (Wildman–Crippen LogP) is 0.770. The Hall–Kier alpha value is -2.25. The topological polar surface area (TPSA) is 126 Å². The molecule has 0 aliphatic carbocycles. The molecule has 0 spiro atoms. The number of aliphatic carboxylic acids is 1. The summed E-state index contributed by atoms with van der Waals surface area (Å²) in [6, 6.07) is 5.54. The first kappa shape index (κ1) is 24.0. The molecule has 3 heterocycles. The van der Waals surface area contributed by atoms with Gasteiger partial charge in [0.15, 0.2) is 0 Å². The van der Waals surface area contributed by atoms with Gasteiger partial charge in [-0.25, -0.2) is 13.2 Å². The summed E-state index contributed by atoms with van der Waals surface area (Å²) in [5.74, 6) is -2.66. The van der Waals surface area contributed by atoms with Crippen LogP contribution in [0.3, 0.4) is 0 Å². The molecule has 1 aromatic heterocycles. The molecule has 0 saturated carbocycles. The van der Waals surface area contributed by atoms with E-state index in [4.69, 9.17) is 14.6 Å². The zero-order chi connectivity index (χ0) is 22.5. The molecule has 3 atom stereocenters. The molecule has 0 unspecified atom stereocenters. The number of carbonyl (C=O) groups is 2. The highest BCUT2D eigenvalue weighted by Gasteiger charge is 2.43. The van der Waals surface area contributed by atoms with Crippen molar-refractivity contribution in [2.75, 3.05) is 19.3 Å². The summed E-state index contributed by atoms with van der Waals surface area (Å²) in [4.78, 5) is 25.3. The molecule has 30 heavy (non-hydrogen) atoms. The number of carboxylic acids is 1. The second kappa shape index (κ2) is 9.71. The van der Waals surface area contributed by atoms with Gasteiger partial charge in [0.1, 0.15) is 6.10 Å². The largest absolute Gasteiger partial charge is 0.490 e. The Labute approximate surface area is 171 Å². The van der Waals surface area contributed by atoms with Gasteiger partial charge in [-0.05, 0) is 30.9 Å². The number of carbonyl (C=O) groups excluding carboxylic acids is 1. The van der Waals surface area contributed by atoms with Gasteiger partial charge in [-0.2, -0.15) is 17.5 Å². The van der Waals surface area contributed by atoms with Gasteiger partial charge in [-0.15, -0.1) is 0 Å². The smallest absolute Gasteiger partial charge is 0.475 e. The van der Waals surface area contributed by atoms with Crippen molar-refractivity contribution in [3.8, 4) is 0 Å². The Morgan fingerprint density at radius 2 is 2.03 bits per heavy atom. The second-order valence-electron chi connectivity index (χ2n) is 6.91. The number of nitrogens with zero attached hydrogens (tertiary/aromatic N) is 2. The highest BCUT2D eigenvalue weighted by molar-refractivity contribution is 7.88. The van der Waals surface area contributed by atoms with Gasteiger partial charge in [0, 0.05) is 19.3 Å². The van der Waals surface area contributed by atoms with Gasteiger partial charge in [-0.1, -0.05) is 6.07 Å². The molecule has 0 bridgehead atoms. The minimum Gasteiger partial charge on any atom is -0.475 e. The van der Waals surface area contributed by atoms with E-state index in [1.807, 2.05) is 18.2 Å². The zero-order valence-electron chi connectivity index (χ0n) is 16.0. The molecule has 2 N–H and O–H groups in total. The summed E-state index contributed by atoms with van der Waals surface area (Å²) in [7, 11) is -3.20. The van der Waals surface area contributed by atoms with Crippen LogP contribution in [0.5, 0.6) is 0 Å². The summed E-state index contributed by atoms with van der Waals surface area (Å²) in [6.45, 7) is 1.21. The number of pyridine rings is 1. The second-order valence-corrected chi connectivity index (χ2v) is 8.89. The van der Waals surface area contributed by atoms with Gasteiger partial charge >= 0.3 is 12.1 Å². The van der Waals surface area contributed by atoms with Crippen LogP contribution in [0.15, 0.2) is 24.4 Å². The Bertz CT molecular complexity index is 850. The quantitative estimate of drug-likeness (QED) is 0.690. The maximum absolute atomic E-state index is 12.2. The van der Waals surface area contributed by atoms with Crippen molar-refractivity contribution in [1.82, 2.24) is 14.6 Å². The number of halogens is 3. The Morgan fingerprint density at radius 3 is 2.57 bits per heavy atom. The number of hydrogen-bond acceptors (Lipinski definition) is 6. The molecule has 13 heteroatoms. The van der Waals surface area contributed by atoms with Crippen molar-refractivity contribution >= 4 is 21.9 Å². The van der Waals surface area contributed by atoms with E-state index in [0.29, 0.717) is 26.1 Å². The number of sulfonamides is 1. The van der Waals surface area contributed by atoms with Crippen molar-refractivity contribution in [2.45, 2.75) is 37.8 Å². The molecule has 2 aliphatic rings. The fourth-order valence-electron chi connectivity index (χ4n) is 3.17. The number of nitrogens with one attached hydrogen (secondary N) is 1. The molecule has 0 radical (unpaired) electrons. The molecule has 2 aliphatic heterocycles. The predicted molar refractivity (Wildman–Crippen MR) is 97.6 cm³/mol. The number of rotatable bonds is 4. The number of alkyl halides is 3. The number of fused-ring (bicyclic) bond motifs is 1. The normalized spacial score (nSPS) is 24.3. The lowest BCUT2D eigenvalue weighted by atomic mass is 9.93. The average molecular weight is 453 g/mol. The molecular weight excluding hydrogens is 431 g/mol. The van der Waals surface area contributed by atoms with Crippen LogP contribution >= 0.6 is 0 Å². The lowest BCUT2D eigenvalue weighted by Gasteiger charge is -2.32. The van der Waals surface area contributed by atoms with Crippen LogP contribution < -0.4 is 5.32 Å². The standard InChI is InChI=1S/C15H21N3O4S.C2HF3O2/c1-23(20,21)18-7-5-11-8-13(22-14(11)10-18)15(19)17-9-12-4-2-3-6-16-12;3-2(4,5)1(6)7/h2-4,6,11,13-14H,5,7-10H2,1H3,(H,17,19);(H,6,7)/t11-,13-,14-;/m0./s1. The molecule has 9 nitrogen and oxygen atoms in total. The first-order valence-electron chi connectivity index (χ1n) is 8.96. The molecular formula is C17H22F3N3O6S. The molecule has 1 aromatic rings. The minimum absolute atomic E-state index is 0.157. The average Bonchev–Trinajstić information content (AvgIpc) is 3.09. The zero-order valence-corrected chi connectivity index (χ0v) is 16.8. The molecule has 168 valence electrons. The van der Waals surface area contributed by atoms with Crippen LogP contribution in [0.25, 0.3) is 0 Å². The lowest BCUT2D eigenvalue weighted by molar-refractivity contribution is -0.192. The Kier molecular flexibility index (Phi) is 7.77. The first-order chi connectivity index (χ1) is 13.9. The van der Waals surface area contributed by atoms with Crippen molar-refractivity contribution in [1.29, 1.82) is 0 Å². The summed E-state index contributed by atoms with van der Waals surface area (Å²) < 4.78 is 62.2. The molecule has 3 rings (SSSR count). The van der Waals surface area contributed by atoms with Gasteiger partial charge in [0.2, 0.25) is 15.9 Å². The SMILES string of the molecule is CS(=O)(=O)N1CC[C@H]2C[C@@H](C(=O)NCc3ccccn3)O[C@H]2C1.O=C(O)C(F)(F)F. The highest BCUT2D eigenvalue weighted by atomic mass is 32.2. The Balaban J connectivity index is 0.000000396. The highest BCUT2D eigenvalue weighted by Crippen LogP contribution is 2.34. The van der Waals surface area contributed by atoms with E-state index in [1.165, 1.54) is 10.6 Å². The van der Waals surface area contributed by atoms with Crippen LogP contribution in [0.1, 0.15) is 18.5 Å². The molecule has 0 aromatic carbocycles. The third-order valence-electron chi connectivity index (χ3n) is 4.69. The van der Waals surface area contributed by atoms with E-state index in [9.17, 15) is 26.4 Å². The molecule has 2 fully saturated rings. The van der Waals surface area contributed by atoms with Crippen molar-refractivity contribution in [3.05, 3.63) is 30.1 Å². The number of carboxylic acid groups (broad SMARTS) is 1. The van der Waals surface area contributed by atoms with Gasteiger partial charge in [-0.3, -0.25) is 9.78 Å². The van der Waals surface area contributed by atoms with Gasteiger partial charge in [0.05, 0.1) is 24.6 Å². The maximum atomic E-state index is 12.2. The summed E-state index contributed by atoms with van der Waals surface area (Å²) in [5.41, 5.74) is 0.791. The van der Waals surface area contributed by atoms with E-state index >= 15 is 0 Å². The van der Waals surface area contributed by atoms with Gasteiger partial charge in [0.25, 0.3) is 0 Å². The van der Waals surface area contributed by atoms with Crippen LogP contribution in [-0.2, 0) is 30.9 Å². The van der Waals surface area contributed by atoms with E-state index in [-0.39, 0.29) is 17.9 Å². The van der Waals surface area contributed by atoms with Crippen LogP contribution in [-0.4, -0.2) is 72.4 Å².